The lowest BCUT2D eigenvalue weighted by Crippen LogP contribution is -2.14. The third kappa shape index (κ3) is 2.81. The van der Waals surface area contributed by atoms with Crippen LogP contribution in [-0.2, 0) is 0 Å². The van der Waals surface area contributed by atoms with E-state index in [1.165, 1.54) is 11.8 Å². The number of benzene rings is 1. The van der Waals surface area contributed by atoms with Gasteiger partial charge in [0.1, 0.15) is 17.3 Å². The van der Waals surface area contributed by atoms with Gasteiger partial charge in [-0.2, -0.15) is 0 Å². The van der Waals surface area contributed by atoms with Gasteiger partial charge < -0.3 is 10.5 Å². The molecule has 0 amide bonds. The molecule has 3 N–H and O–H groups in total. The highest BCUT2D eigenvalue weighted by atomic mass is 32.2. The van der Waals surface area contributed by atoms with Crippen molar-refractivity contribution < 1.29 is 4.74 Å². The molecule has 1 aromatic heterocycles. The van der Waals surface area contributed by atoms with E-state index in [0.29, 0.717) is 5.69 Å². The van der Waals surface area contributed by atoms with Gasteiger partial charge in [-0.25, -0.2) is 0 Å². The number of nitrogens with two attached hydrogens (primary N) is 1. The van der Waals surface area contributed by atoms with E-state index in [1.807, 2.05) is 36.4 Å². The van der Waals surface area contributed by atoms with Crippen LogP contribution in [0.15, 0.2) is 52.4 Å². The molecule has 1 heterocycles. The number of amidine groups is 1. The minimum Gasteiger partial charge on any atom is -0.497 e. The zero-order valence-electron chi connectivity index (χ0n) is 9.88. The molecule has 0 saturated heterocycles. The molecule has 0 unspecified atom stereocenters. The summed E-state index contributed by atoms with van der Waals surface area (Å²) in [4.78, 5) is 6.03. The highest BCUT2D eigenvalue weighted by Gasteiger charge is 2.07. The molecule has 0 bridgehead atoms. The van der Waals surface area contributed by atoms with Crippen molar-refractivity contribution in [1.29, 1.82) is 5.41 Å². The SMILES string of the molecule is COc1ccc(Sc2cccnc2C(=N)N)cc1. The molecule has 92 valence electrons. The van der Waals surface area contributed by atoms with Gasteiger partial charge in [-0.1, -0.05) is 11.8 Å². The van der Waals surface area contributed by atoms with Gasteiger partial charge in [0.2, 0.25) is 0 Å². The zero-order valence-corrected chi connectivity index (χ0v) is 10.7. The number of pyridine rings is 1. The maximum atomic E-state index is 7.49. The third-order valence-electron chi connectivity index (χ3n) is 2.31. The van der Waals surface area contributed by atoms with E-state index in [2.05, 4.69) is 4.98 Å². The number of ether oxygens (including phenoxy) is 1. The van der Waals surface area contributed by atoms with Crippen LogP contribution < -0.4 is 10.5 Å². The minimum atomic E-state index is -0.0217. The van der Waals surface area contributed by atoms with Crippen LogP contribution in [0.2, 0.25) is 0 Å². The minimum absolute atomic E-state index is 0.0217. The molecule has 2 aromatic rings. The summed E-state index contributed by atoms with van der Waals surface area (Å²) in [5.74, 6) is 0.795. The third-order valence-corrected chi connectivity index (χ3v) is 3.37. The molecule has 1 aromatic carbocycles. The van der Waals surface area contributed by atoms with Crippen molar-refractivity contribution in [2.24, 2.45) is 5.73 Å². The fraction of sp³-hybridized carbons (Fsp3) is 0.0769. The van der Waals surface area contributed by atoms with Gasteiger partial charge in [0.05, 0.1) is 7.11 Å². The van der Waals surface area contributed by atoms with E-state index in [1.54, 1.807) is 13.3 Å². The van der Waals surface area contributed by atoms with Gasteiger partial charge in [0.15, 0.2) is 0 Å². The van der Waals surface area contributed by atoms with Gasteiger partial charge in [-0.15, -0.1) is 0 Å². The summed E-state index contributed by atoms with van der Waals surface area (Å²) in [7, 11) is 1.64. The molecule has 0 fully saturated rings. The number of nitrogens with zero attached hydrogens (tertiary/aromatic N) is 1. The Morgan fingerprint density at radius 3 is 2.61 bits per heavy atom. The van der Waals surface area contributed by atoms with Gasteiger partial charge in [0, 0.05) is 16.0 Å². The predicted molar refractivity (Wildman–Crippen MR) is 72.4 cm³/mol. The molecular formula is C13H13N3OS. The monoisotopic (exact) mass is 259 g/mol. The molecule has 0 aliphatic rings. The van der Waals surface area contributed by atoms with Gasteiger partial charge in [0.25, 0.3) is 0 Å². The Morgan fingerprint density at radius 1 is 1.28 bits per heavy atom. The van der Waals surface area contributed by atoms with E-state index in [9.17, 15) is 0 Å². The number of hydrogen-bond acceptors (Lipinski definition) is 4. The first-order valence-corrected chi connectivity index (χ1v) is 6.13. The quantitative estimate of drug-likeness (QED) is 0.653. The number of nitrogen functional groups attached to an aromatic ring is 1. The molecule has 0 saturated carbocycles. The molecule has 5 heteroatoms. The highest BCUT2D eigenvalue weighted by Crippen LogP contribution is 2.30. The Bertz CT molecular complexity index is 554. The first-order valence-electron chi connectivity index (χ1n) is 5.32. The van der Waals surface area contributed by atoms with E-state index in [4.69, 9.17) is 15.9 Å². The number of aromatic nitrogens is 1. The van der Waals surface area contributed by atoms with Crippen LogP contribution in [0.4, 0.5) is 0 Å². The average molecular weight is 259 g/mol. The van der Waals surface area contributed by atoms with Crippen LogP contribution in [-0.4, -0.2) is 17.9 Å². The molecular weight excluding hydrogens is 246 g/mol. The summed E-state index contributed by atoms with van der Waals surface area (Å²) in [6.45, 7) is 0. The Balaban J connectivity index is 2.25. The van der Waals surface area contributed by atoms with E-state index in [-0.39, 0.29) is 5.84 Å². The Labute approximate surface area is 110 Å². The largest absolute Gasteiger partial charge is 0.497 e. The second-order valence-electron chi connectivity index (χ2n) is 3.54. The van der Waals surface area contributed by atoms with Crippen LogP contribution in [0, 0.1) is 5.41 Å². The Hall–Kier alpha value is -2.01. The Kier molecular flexibility index (Phi) is 3.84. The number of rotatable bonds is 4. The highest BCUT2D eigenvalue weighted by molar-refractivity contribution is 7.99. The molecule has 2 rings (SSSR count). The van der Waals surface area contributed by atoms with E-state index < -0.39 is 0 Å². The number of hydrogen-bond donors (Lipinski definition) is 2. The van der Waals surface area contributed by atoms with Crippen LogP contribution in [0.1, 0.15) is 5.69 Å². The van der Waals surface area contributed by atoms with Gasteiger partial charge in [-0.05, 0) is 36.4 Å². The second kappa shape index (κ2) is 5.55. The normalized spacial score (nSPS) is 10.1. The Morgan fingerprint density at radius 2 is 2.00 bits per heavy atom. The van der Waals surface area contributed by atoms with Crippen molar-refractivity contribution in [3.63, 3.8) is 0 Å². The van der Waals surface area contributed by atoms with Crippen LogP contribution in [0.25, 0.3) is 0 Å². The molecule has 0 spiro atoms. The molecule has 4 nitrogen and oxygen atoms in total. The summed E-state index contributed by atoms with van der Waals surface area (Å²) in [6, 6.07) is 11.4. The van der Waals surface area contributed by atoms with E-state index in [0.717, 1.165) is 15.5 Å². The summed E-state index contributed by atoms with van der Waals surface area (Å²) in [5, 5.41) is 7.49. The van der Waals surface area contributed by atoms with E-state index >= 15 is 0 Å². The van der Waals surface area contributed by atoms with Gasteiger partial charge in [-0.3, -0.25) is 10.4 Å². The lowest BCUT2D eigenvalue weighted by Gasteiger charge is -2.07. The lowest BCUT2D eigenvalue weighted by atomic mass is 10.3. The first-order chi connectivity index (χ1) is 8.70. The van der Waals surface area contributed by atoms with Gasteiger partial charge >= 0.3 is 0 Å². The van der Waals surface area contributed by atoms with Crippen LogP contribution in [0.3, 0.4) is 0 Å². The molecule has 18 heavy (non-hydrogen) atoms. The number of nitrogens with one attached hydrogen (secondary N) is 1. The first kappa shape index (κ1) is 12.4. The molecule has 0 aliphatic carbocycles. The zero-order chi connectivity index (χ0) is 13.0. The summed E-state index contributed by atoms with van der Waals surface area (Å²) >= 11 is 1.52. The average Bonchev–Trinajstić information content (AvgIpc) is 2.40. The number of methoxy groups -OCH3 is 1. The van der Waals surface area contributed by atoms with Crippen molar-refractivity contribution in [3.8, 4) is 5.75 Å². The molecule has 0 atom stereocenters. The molecule has 0 radical (unpaired) electrons. The summed E-state index contributed by atoms with van der Waals surface area (Å²) in [5.41, 5.74) is 6.01. The smallest absolute Gasteiger partial charge is 0.142 e. The fourth-order valence-corrected chi connectivity index (χ4v) is 2.38. The molecule has 0 aliphatic heterocycles. The van der Waals surface area contributed by atoms with Crippen molar-refractivity contribution in [1.82, 2.24) is 4.98 Å². The maximum Gasteiger partial charge on any atom is 0.142 e. The lowest BCUT2D eigenvalue weighted by molar-refractivity contribution is 0.414. The van der Waals surface area contributed by atoms with Crippen LogP contribution >= 0.6 is 11.8 Å². The van der Waals surface area contributed by atoms with Crippen molar-refractivity contribution in [2.45, 2.75) is 9.79 Å². The van der Waals surface area contributed by atoms with Crippen molar-refractivity contribution in [3.05, 3.63) is 48.3 Å². The predicted octanol–water partition coefficient (Wildman–Crippen LogP) is 2.53. The standard InChI is InChI=1S/C13H13N3OS/c1-17-9-4-6-10(7-5-9)18-11-3-2-8-16-12(11)13(14)15/h2-8H,1H3,(H3,14,15). The van der Waals surface area contributed by atoms with Crippen LogP contribution in [0.5, 0.6) is 5.75 Å². The second-order valence-corrected chi connectivity index (χ2v) is 4.66. The summed E-state index contributed by atoms with van der Waals surface area (Å²) in [6.07, 6.45) is 1.63. The fourth-order valence-electron chi connectivity index (χ4n) is 1.45. The summed E-state index contributed by atoms with van der Waals surface area (Å²) < 4.78 is 5.11. The van der Waals surface area contributed by atoms with Crippen molar-refractivity contribution in [2.75, 3.05) is 7.11 Å². The topological polar surface area (TPSA) is 72.0 Å². The maximum absolute atomic E-state index is 7.49. The van der Waals surface area contributed by atoms with Crippen molar-refractivity contribution >= 4 is 17.6 Å².